The Morgan fingerprint density at radius 3 is 2.86 bits per heavy atom. The molecular formula is C14H17N7O. The van der Waals surface area contributed by atoms with Crippen LogP contribution in [0.5, 0.6) is 0 Å². The summed E-state index contributed by atoms with van der Waals surface area (Å²) in [4.78, 5) is 18.6. The second kappa shape index (κ2) is 5.84. The monoisotopic (exact) mass is 299 g/mol. The van der Waals surface area contributed by atoms with Crippen molar-refractivity contribution in [1.29, 1.82) is 5.41 Å². The predicted molar refractivity (Wildman–Crippen MR) is 83.0 cm³/mol. The zero-order valence-corrected chi connectivity index (χ0v) is 12.0. The van der Waals surface area contributed by atoms with Gasteiger partial charge in [0.15, 0.2) is 11.3 Å². The van der Waals surface area contributed by atoms with Gasteiger partial charge in [0.05, 0.1) is 6.20 Å². The van der Waals surface area contributed by atoms with E-state index in [-0.39, 0.29) is 5.82 Å². The van der Waals surface area contributed by atoms with Crippen molar-refractivity contribution in [1.82, 2.24) is 19.9 Å². The first kappa shape index (κ1) is 14.1. The van der Waals surface area contributed by atoms with Crippen LogP contribution in [-0.4, -0.2) is 39.8 Å². The minimum absolute atomic E-state index is 0.102. The molecule has 1 fully saturated rings. The number of nitrogens with two attached hydrogens (primary N) is 1. The van der Waals surface area contributed by atoms with Gasteiger partial charge in [-0.3, -0.25) is 4.79 Å². The second-order valence-corrected chi connectivity index (χ2v) is 5.04. The highest BCUT2D eigenvalue weighted by Crippen LogP contribution is 2.18. The van der Waals surface area contributed by atoms with Crippen molar-refractivity contribution in [3.8, 4) is 0 Å². The summed E-state index contributed by atoms with van der Waals surface area (Å²) in [6.45, 7) is 1.95. The zero-order valence-electron chi connectivity index (χ0n) is 12.0. The summed E-state index contributed by atoms with van der Waals surface area (Å²) in [5.41, 5.74) is 6.49. The molecule has 3 heterocycles. The average Bonchev–Trinajstić information content (AvgIpc) is 3.16. The summed E-state index contributed by atoms with van der Waals surface area (Å²) in [5, 5.41) is 13.9. The molecule has 1 aliphatic rings. The van der Waals surface area contributed by atoms with Crippen molar-refractivity contribution >= 4 is 23.6 Å². The number of fused-ring (bicyclic) bond motifs is 1. The normalized spacial score (nSPS) is 15.3. The van der Waals surface area contributed by atoms with Crippen LogP contribution >= 0.6 is 0 Å². The number of nitrogens with one attached hydrogen (secondary N) is 2. The van der Waals surface area contributed by atoms with Gasteiger partial charge in [0.25, 0.3) is 5.91 Å². The molecule has 0 bridgehead atoms. The summed E-state index contributed by atoms with van der Waals surface area (Å²) in [6, 6.07) is 3.76. The lowest BCUT2D eigenvalue weighted by molar-refractivity contribution is 0.0958. The number of rotatable bonds is 4. The van der Waals surface area contributed by atoms with Gasteiger partial charge in [-0.2, -0.15) is 0 Å². The van der Waals surface area contributed by atoms with E-state index in [0.29, 0.717) is 11.3 Å². The molecule has 0 unspecified atom stereocenters. The summed E-state index contributed by atoms with van der Waals surface area (Å²) >= 11 is 0. The zero-order chi connectivity index (χ0) is 15.5. The maximum atomic E-state index is 12.2. The first-order chi connectivity index (χ1) is 10.7. The fourth-order valence-electron chi connectivity index (χ4n) is 2.46. The van der Waals surface area contributed by atoms with Crippen LogP contribution in [-0.2, 0) is 0 Å². The Morgan fingerprint density at radius 1 is 1.36 bits per heavy atom. The number of hydrogen-bond acceptors (Lipinski definition) is 6. The molecule has 8 heteroatoms. The lowest BCUT2D eigenvalue weighted by Gasteiger charge is -2.16. The minimum atomic E-state index is -0.408. The van der Waals surface area contributed by atoms with Crippen LogP contribution in [0.15, 0.2) is 30.2 Å². The Balaban J connectivity index is 1.92. The highest BCUT2D eigenvalue weighted by atomic mass is 16.2. The highest BCUT2D eigenvalue weighted by molar-refractivity contribution is 5.94. The van der Waals surface area contributed by atoms with Gasteiger partial charge in [-0.1, -0.05) is 0 Å². The average molecular weight is 299 g/mol. The van der Waals surface area contributed by atoms with E-state index in [0.717, 1.165) is 38.0 Å². The molecular weight excluding hydrogens is 282 g/mol. The Kier molecular flexibility index (Phi) is 3.73. The first-order valence-electron chi connectivity index (χ1n) is 7.06. The number of carbonyl (C=O) groups excluding carboxylic acids is 1. The third-order valence-electron chi connectivity index (χ3n) is 3.53. The van der Waals surface area contributed by atoms with Crippen LogP contribution in [0.3, 0.4) is 0 Å². The van der Waals surface area contributed by atoms with Gasteiger partial charge < -0.3 is 21.4 Å². The minimum Gasteiger partial charge on any atom is -0.385 e. The van der Waals surface area contributed by atoms with E-state index < -0.39 is 5.91 Å². The summed E-state index contributed by atoms with van der Waals surface area (Å²) < 4.78 is 1.51. The number of hydrogen-bond donors (Lipinski definition) is 3. The Bertz CT molecular complexity index is 743. The number of nitrogens with zero attached hydrogens (tertiary/aromatic N) is 4. The van der Waals surface area contributed by atoms with Crippen molar-refractivity contribution in [2.45, 2.75) is 12.8 Å². The fourth-order valence-corrected chi connectivity index (χ4v) is 2.46. The first-order valence-corrected chi connectivity index (χ1v) is 7.06. The molecule has 114 valence electrons. The molecule has 0 radical (unpaired) electrons. The Labute approximate surface area is 127 Å². The predicted octanol–water partition coefficient (Wildman–Crippen LogP) is 0.509. The maximum Gasteiger partial charge on any atom is 0.277 e. The SMILES string of the molecule is N=C/C=C(\N)NC(=O)c1cnc2ccc(N3CCCC3)nn12. The van der Waals surface area contributed by atoms with E-state index in [1.54, 1.807) is 0 Å². The van der Waals surface area contributed by atoms with E-state index in [1.807, 2.05) is 12.1 Å². The van der Waals surface area contributed by atoms with Gasteiger partial charge in [0.1, 0.15) is 11.6 Å². The standard InChI is InChI=1S/C14H17N7O/c15-6-5-11(16)18-14(22)10-9-17-12-3-4-13(19-21(10)12)20-7-1-2-8-20/h3-6,9,15H,1-2,7-8,16H2,(H,18,22)/b11-5+,15-6?. The largest absolute Gasteiger partial charge is 0.385 e. The van der Waals surface area contributed by atoms with Crippen molar-refractivity contribution in [3.05, 3.63) is 35.9 Å². The quantitative estimate of drug-likeness (QED) is 0.712. The molecule has 0 spiro atoms. The molecule has 0 aromatic carbocycles. The molecule has 2 aromatic rings. The molecule has 8 nitrogen and oxygen atoms in total. The van der Waals surface area contributed by atoms with Crippen molar-refractivity contribution in [2.24, 2.45) is 5.73 Å². The van der Waals surface area contributed by atoms with Crippen LogP contribution in [0.2, 0.25) is 0 Å². The highest BCUT2D eigenvalue weighted by Gasteiger charge is 2.17. The number of allylic oxidation sites excluding steroid dienone is 1. The third kappa shape index (κ3) is 2.62. The number of imidazole rings is 1. The van der Waals surface area contributed by atoms with Crippen LogP contribution < -0.4 is 16.0 Å². The van der Waals surface area contributed by atoms with E-state index in [4.69, 9.17) is 11.1 Å². The van der Waals surface area contributed by atoms with E-state index >= 15 is 0 Å². The smallest absolute Gasteiger partial charge is 0.277 e. The molecule has 1 amide bonds. The van der Waals surface area contributed by atoms with Crippen LogP contribution in [0.1, 0.15) is 23.3 Å². The van der Waals surface area contributed by atoms with Crippen molar-refractivity contribution in [2.75, 3.05) is 18.0 Å². The van der Waals surface area contributed by atoms with Crippen LogP contribution in [0.25, 0.3) is 5.65 Å². The number of amides is 1. The van der Waals surface area contributed by atoms with Gasteiger partial charge in [-0.25, -0.2) is 9.50 Å². The van der Waals surface area contributed by atoms with Crippen molar-refractivity contribution < 1.29 is 4.79 Å². The van der Waals surface area contributed by atoms with Gasteiger partial charge in [-0.15, -0.1) is 5.10 Å². The molecule has 0 aliphatic carbocycles. The Morgan fingerprint density at radius 2 is 2.14 bits per heavy atom. The third-order valence-corrected chi connectivity index (χ3v) is 3.53. The van der Waals surface area contributed by atoms with Crippen molar-refractivity contribution in [3.63, 3.8) is 0 Å². The maximum absolute atomic E-state index is 12.2. The Hall–Kier alpha value is -2.90. The van der Waals surface area contributed by atoms with Crippen LogP contribution in [0.4, 0.5) is 5.82 Å². The molecule has 0 atom stereocenters. The summed E-state index contributed by atoms with van der Waals surface area (Å²) in [5.74, 6) is 0.528. The topological polar surface area (TPSA) is 112 Å². The van der Waals surface area contributed by atoms with Gasteiger partial charge in [0.2, 0.25) is 0 Å². The lowest BCUT2D eigenvalue weighted by Crippen LogP contribution is -2.29. The summed E-state index contributed by atoms with van der Waals surface area (Å²) in [7, 11) is 0. The van der Waals surface area contributed by atoms with E-state index in [2.05, 4.69) is 20.3 Å². The van der Waals surface area contributed by atoms with Gasteiger partial charge >= 0.3 is 0 Å². The number of carbonyl (C=O) groups is 1. The number of aromatic nitrogens is 3. The second-order valence-electron chi connectivity index (χ2n) is 5.04. The molecule has 22 heavy (non-hydrogen) atoms. The summed E-state index contributed by atoms with van der Waals surface area (Å²) in [6.07, 6.45) is 6.07. The molecule has 2 aromatic heterocycles. The molecule has 1 aliphatic heterocycles. The van der Waals surface area contributed by atoms with Crippen LogP contribution in [0, 0.1) is 5.41 Å². The molecule has 4 N–H and O–H groups in total. The molecule has 3 rings (SSSR count). The van der Waals surface area contributed by atoms with E-state index in [9.17, 15) is 4.79 Å². The van der Waals surface area contributed by atoms with E-state index in [1.165, 1.54) is 16.8 Å². The number of anilines is 1. The fraction of sp³-hybridized carbons (Fsp3) is 0.286. The van der Waals surface area contributed by atoms with Gasteiger partial charge in [-0.05, 0) is 31.1 Å². The van der Waals surface area contributed by atoms with Gasteiger partial charge in [0, 0.05) is 19.3 Å². The molecule has 1 saturated heterocycles. The molecule has 0 saturated carbocycles. The lowest BCUT2D eigenvalue weighted by atomic mass is 10.4.